The van der Waals surface area contributed by atoms with Crippen molar-refractivity contribution in [1.82, 2.24) is 10.1 Å². The molecule has 1 saturated carbocycles. The fraction of sp³-hybridized carbons (Fsp3) is 0.867. The summed E-state index contributed by atoms with van der Waals surface area (Å²) in [7, 11) is 1.71. The van der Waals surface area contributed by atoms with Crippen LogP contribution in [0.5, 0.6) is 0 Å². The number of aromatic nitrogens is 2. The van der Waals surface area contributed by atoms with Gasteiger partial charge in [-0.05, 0) is 18.8 Å². The van der Waals surface area contributed by atoms with Crippen LogP contribution in [0, 0.1) is 5.92 Å². The molecular weight excluding hydrogens is 270 g/mol. The fourth-order valence-corrected chi connectivity index (χ4v) is 3.46. The highest BCUT2D eigenvalue weighted by Crippen LogP contribution is 2.34. The van der Waals surface area contributed by atoms with Crippen molar-refractivity contribution in [2.24, 2.45) is 11.7 Å². The standard InChI is InChI=1S/C15H25N3O3/c1-19-15(6-8-20-9-7-15)14-17-13(21-18-14)10-11-4-2-3-5-12(11)16/h11-12H,2-10,16H2,1H3. The van der Waals surface area contributed by atoms with E-state index in [2.05, 4.69) is 10.1 Å². The summed E-state index contributed by atoms with van der Waals surface area (Å²) in [6, 6.07) is 0.258. The summed E-state index contributed by atoms with van der Waals surface area (Å²) in [6.45, 7) is 1.34. The third-order valence-electron chi connectivity index (χ3n) is 4.97. The van der Waals surface area contributed by atoms with E-state index in [4.69, 9.17) is 19.7 Å². The van der Waals surface area contributed by atoms with Crippen LogP contribution in [0.3, 0.4) is 0 Å². The van der Waals surface area contributed by atoms with Crippen molar-refractivity contribution < 1.29 is 14.0 Å². The first-order valence-electron chi connectivity index (χ1n) is 7.95. The smallest absolute Gasteiger partial charge is 0.227 e. The van der Waals surface area contributed by atoms with E-state index in [9.17, 15) is 0 Å². The molecule has 118 valence electrons. The largest absolute Gasteiger partial charge is 0.381 e. The Kier molecular flexibility index (Phi) is 4.57. The number of methoxy groups -OCH3 is 1. The summed E-state index contributed by atoms with van der Waals surface area (Å²) in [4.78, 5) is 4.59. The molecule has 6 nitrogen and oxygen atoms in total. The minimum Gasteiger partial charge on any atom is -0.381 e. The zero-order valence-electron chi connectivity index (χ0n) is 12.7. The Morgan fingerprint density at radius 1 is 1.29 bits per heavy atom. The molecule has 2 atom stereocenters. The van der Waals surface area contributed by atoms with E-state index in [1.807, 2.05) is 0 Å². The molecule has 3 rings (SSSR count). The molecule has 0 aromatic carbocycles. The van der Waals surface area contributed by atoms with Crippen molar-refractivity contribution in [3.8, 4) is 0 Å². The van der Waals surface area contributed by atoms with Crippen molar-refractivity contribution in [1.29, 1.82) is 0 Å². The maximum Gasteiger partial charge on any atom is 0.227 e. The molecule has 2 N–H and O–H groups in total. The SMILES string of the molecule is COC1(c2noc(CC3CCCCC3N)n2)CCOCC1. The highest BCUT2D eigenvalue weighted by Gasteiger charge is 2.39. The molecule has 0 spiro atoms. The van der Waals surface area contributed by atoms with E-state index < -0.39 is 5.60 Å². The van der Waals surface area contributed by atoms with Crippen molar-refractivity contribution >= 4 is 0 Å². The molecule has 2 fully saturated rings. The van der Waals surface area contributed by atoms with Crippen molar-refractivity contribution in [3.63, 3.8) is 0 Å². The van der Waals surface area contributed by atoms with Gasteiger partial charge in [0, 0.05) is 45.6 Å². The van der Waals surface area contributed by atoms with Gasteiger partial charge >= 0.3 is 0 Å². The van der Waals surface area contributed by atoms with Gasteiger partial charge in [0.2, 0.25) is 11.7 Å². The Hall–Kier alpha value is -0.980. The molecule has 1 saturated heterocycles. The molecule has 0 amide bonds. The highest BCUT2D eigenvalue weighted by molar-refractivity contribution is 5.03. The minimum absolute atomic E-state index is 0.258. The monoisotopic (exact) mass is 295 g/mol. The molecule has 0 bridgehead atoms. The number of nitrogens with two attached hydrogens (primary N) is 1. The molecule has 2 aliphatic rings. The molecule has 2 heterocycles. The predicted molar refractivity (Wildman–Crippen MR) is 76.7 cm³/mol. The Balaban J connectivity index is 1.70. The van der Waals surface area contributed by atoms with Crippen LogP contribution in [0.4, 0.5) is 0 Å². The van der Waals surface area contributed by atoms with Gasteiger partial charge in [-0.2, -0.15) is 4.98 Å². The van der Waals surface area contributed by atoms with Crippen LogP contribution >= 0.6 is 0 Å². The van der Waals surface area contributed by atoms with Gasteiger partial charge in [-0.15, -0.1) is 0 Å². The average Bonchev–Trinajstić information content (AvgIpc) is 2.99. The summed E-state index contributed by atoms with van der Waals surface area (Å²) in [5.74, 6) is 1.81. The first-order valence-corrected chi connectivity index (χ1v) is 7.95. The maximum atomic E-state index is 6.20. The van der Waals surface area contributed by atoms with Crippen molar-refractivity contribution in [2.75, 3.05) is 20.3 Å². The van der Waals surface area contributed by atoms with Gasteiger partial charge in [-0.1, -0.05) is 18.0 Å². The summed E-state index contributed by atoms with van der Waals surface area (Å²) in [6.07, 6.45) is 7.06. The highest BCUT2D eigenvalue weighted by atomic mass is 16.5. The van der Waals surface area contributed by atoms with E-state index in [-0.39, 0.29) is 6.04 Å². The second kappa shape index (κ2) is 6.42. The molecular formula is C15H25N3O3. The molecule has 0 radical (unpaired) electrons. The zero-order valence-corrected chi connectivity index (χ0v) is 12.7. The van der Waals surface area contributed by atoms with E-state index >= 15 is 0 Å². The zero-order chi connectivity index (χ0) is 14.7. The van der Waals surface area contributed by atoms with Gasteiger partial charge in [-0.25, -0.2) is 0 Å². The Morgan fingerprint density at radius 3 is 2.76 bits per heavy atom. The van der Waals surface area contributed by atoms with Gasteiger partial charge in [0.25, 0.3) is 0 Å². The summed E-state index contributed by atoms with van der Waals surface area (Å²) < 4.78 is 16.6. The quantitative estimate of drug-likeness (QED) is 0.911. The average molecular weight is 295 g/mol. The lowest BCUT2D eigenvalue weighted by molar-refractivity contribution is -0.101. The van der Waals surface area contributed by atoms with Gasteiger partial charge in [0.15, 0.2) is 0 Å². The molecule has 21 heavy (non-hydrogen) atoms. The van der Waals surface area contributed by atoms with Gasteiger partial charge in [0.05, 0.1) is 0 Å². The van der Waals surface area contributed by atoms with Crippen LogP contribution in [0.1, 0.15) is 50.2 Å². The lowest BCUT2D eigenvalue weighted by Gasteiger charge is -2.32. The van der Waals surface area contributed by atoms with Crippen LogP contribution < -0.4 is 5.73 Å². The van der Waals surface area contributed by atoms with E-state index in [1.54, 1.807) is 7.11 Å². The molecule has 1 aliphatic heterocycles. The third kappa shape index (κ3) is 3.12. The van der Waals surface area contributed by atoms with E-state index in [0.717, 1.165) is 32.1 Å². The molecule has 1 aromatic rings. The molecule has 1 aliphatic carbocycles. The Morgan fingerprint density at radius 2 is 2.05 bits per heavy atom. The van der Waals surface area contributed by atoms with Crippen molar-refractivity contribution in [2.45, 2.75) is 56.6 Å². The van der Waals surface area contributed by atoms with Crippen LogP contribution in [-0.4, -0.2) is 36.5 Å². The molecule has 1 aromatic heterocycles. The third-order valence-corrected chi connectivity index (χ3v) is 4.97. The number of hydrogen-bond donors (Lipinski definition) is 1. The summed E-state index contributed by atoms with van der Waals surface area (Å²) in [5.41, 5.74) is 5.75. The van der Waals surface area contributed by atoms with Crippen molar-refractivity contribution in [3.05, 3.63) is 11.7 Å². The first-order chi connectivity index (χ1) is 10.2. The van der Waals surface area contributed by atoms with Crippen LogP contribution in [-0.2, 0) is 21.5 Å². The van der Waals surface area contributed by atoms with Crippen LogP contribution in [0.15, 0.2) is 4.52 Å². The predicted octanol–water partition coefficient (Wildman–Crippen LogP) is 1.78. The number of ether oxygens (including phenoxy) is 2. The fourth-order valence-electron chi connectivity index (χ4n) is 3.46. The normalized spacial score (nSPS) is 29.4. The van der Waals surface area contributed by atoms with Gasteiger partial charge < -0.3 is 19.7 Å². The van der Waals surface area contributed by atoms with Crippen LogP contribution in [0.2, 0.25) is 0 Å². The maximum absolute atomic E-state index is 6.20. The van der Waals surface area contributed by atoms with E-state index in [0.29, 0.717) is 30.8 Å². The summed E-state index contributed by atoms with van der Waals surface area (Å²) in [5, 5.41) is 4.17. The Labute approximate surface area is 125 Å². The molecule has 2 unspecified atom stereocenters. The van der Waals surface area contributed by atoms with Crippen LogP contribution in [0.25, 0.3) is 0 Å². The second-order valence-electron chi connectivity index (χ2n) is 6.24. The number of hydrogen-bond acceptors (Lipinski definition) is 6. The second-order valence-corrected chi connectivity index (χ2v) is 6.24. The number of rotatable bonds is 4. The van der Waals surface area contributed by atoms with E-state index in [1.165, 1.54) is 12.8 Å². The van der Waals surface area contributed by atoms with Gasteiger partial charge in [-0.3, -0.25) is 0 Å². The Bertz CT molecular complexity index is 457. The minimum atomic E-state index is -0.450. The van der Waals surface area contributed by atoms with Gasteiger partial charge in [0.1, 0.15) is 5.60 Å². The first kappa shape index (κ1) is 14.9. The lowest BCUT2D eigenvalue weighted by atomic mass is 9.83. The molecule has 6 heteroatoms. The summed E-state index contributed by atoms with van der Waals surface area (Å²) >= 11 is 0. The lowest BCUT2D eigenvalue weighted by Crippen LogP contribution is -2.37. The number of nitrogens with zero attached hydrogens (tertiary/aromatic N) is 2. The topological polar surface area (TPSA) is 83.4 Å².